The number of thiophene rings is 1. The monoisotopic (exact) mass is 471 g/mol. The van der Waals surface area contributed by atoms with Crippen LogP contribution in [0.15, 0.2) is 45.4 Å². The Balaban J connectivity index is 1.23. The Morgan fingerprint density at radius 3 is 2.84 bits per heavy atom. The molecule has 160 valence electrons. The Labute approximate surface area is 193 Å². The van der Waals surface area contributed by atoms with Crippen molar-refractivity contribution < 1.29 is 9.59 Å². The summed E-state index contributed by atoms with van der Waals surface area (Å²) in [5.74, 6) is 0.397. The van der Waals surface area contributed by atoms with E-state index < -0.39 is 0 Å². The molecule has 0 saturated carbocycles. The van der Waals surface area contributed by atoms with Crippen LogP contribution < -0.4 is 5.56 Å². The normalized spacial score (nSPS) is 24.1. The number of thioether (sulfide) groups is 1. The summed E-state index contributed by atoms with van der Waals surface area (Å²) in [5, 5.41) is 1.97. The maximum atomic E-state index is 13.0. The van der Waals surface area contributed by atoms with Gasteiger partial charge in [-0.2, -0.15) is 0 Å². The fourth-order valence-corrected chi connectivity index (χ4v) is 6.69. The van der Waals surface area contributed by atoms with Gasteiger partial charge in [0.1, 0.15) is 4.32 Å². The zero-order chi connectivity index (χ0) is 21.5. The second kappa shape index (κ2) is 8.37. The zero-order valence-corrected chi connectivity index (χ0v) is 19.2. The zero-order valence-electron chi connectivity index (χ0n) is 16.7. The molecule has 0 radical (unpaired) electrons. The number of aromatic nitrogens is 1. The van der Waals surface area contributed by atoms with E-state index in [2.05, 4.69) is 0 Å². The molecule has 2 saturated heterocycles. The van der Waals surface area contributed by atoms with Crippen LogP contribution in [0.1, 0.15) is 29.3 Å². The number of hydrogen-bond acceptors (Lipinski definition) is 6. The van der Waals surface area contributed by atoms with Gasteiger partial charge in [0, 0.05) is 55.2 Å². The molecule has 31 heavy (non-hydrogen) atoms. The molecule has 2 amide bonds. The Morgan fingerprint density at radius 1 is 1.16 bits per heavy atom. The molecule has 6 nitrogen and oxygen atoms in total. The van der Waals surface area contributed by atoms with Crippen LogP contribution in [0.25, 0.3) is 6.08 Å². The number of thiocarbonyl (C=S) groups is 1. The van der Waals surface area contributed by atoms with Crippen molar-refractivity contribution in [2.24, 2.45) is 5.92 Å². The van der Waals surface area contributed by atoms with E-state index in [1.807, 2.05) is 39.1 Å². The summed E-state index contributed by atoms with van der Waals surface area (Å²) in [6.45, 7) is 2.24. The third-order valence-electron chi connectivity index (χ3n) is 6.07. The SMILES string of the molecule is O=C(CCN1C(=O)/C(=C\c2cccs2)SC1=S)N1C[C@H]2C[C@@H](C1)c1cccc(=O)n1C2. The van der Waals surface area contributed by atoms with Gasteiger partial charge < -0.3 is 9.47 Å². The van der Waals surface area contributed by atoms with Crippen LogP contribution in [0.2, 0.25) is 0 Å². The molecular formula is C22H21N3O3S3. The fraction of sp³-hybridized carbons (Fsp3) is 0.364. The van der Waals surface area contributed by atoms with Gasteiger partial charge in [-0.25, -0.2) is 0 Å². The molecule has 3 aliphatic heterocycles. The first-order valence-electron chi connectivity index (χ1n) is 10.3. The molecule has 0 unspecified atom stereocenters. The van der Waals surface area contributed by atoms with Crippen LogP contribution in [0.3, 0.4) is 0 Å². The highest BCUT2D eigenvalue weighted by Crippen LogP contribution is 2.36. The van der Waals surface area contributed by atoms with E-state index in [0.29, 0.717) is 41.3 Å². The quantitative estimate of drug-likeness (QED) is 0.506. The van der Waals surface area contributed by atoms with Crippen LogP contribution in [-0.2, 0) is 16.1 Å². The number of hydrogen-bond donors (Lipinski definition) is 0. The lowest BCUT2D eigenvalue weighted by molar-refractivity contribution is -0.134. The van der Waals surface area contributed by atoms with Crippen molar-refractivity contribution in [2.75, 3.05) is 19.6 Å². The summed E-state index contributed by atoms with van der Waals surface area (Å²) in [6.07, 6.45) is 3.12. The van der Waals surface area contributed by atoms with Crippen LogP contribution >= 0.6 is 35.3 Å². The molecule has 2 aromatic heterocycles. The third kappa shape index (κ3) is 4.02. The highest BCUT2D eigenvalue weighted by Gasteiger charge is 2.37. The van der Waals surface area contributed by atoms with Crippen molar-refractivity contribution in [3.8, 4) is 0 Å². The predicted octanol–water partition coefficient (Wildman–Crippen LogP) is 3.15. The van der Waals surface area contributed by atoms with Crippen molar-refractivity contribution in [2.45, 2.75) is 25.3 Å². The second-order valence-corrected chi connectivity index (χ2v) is 10.8. The van der Waals surface area contributed by atoms with Gasteiger partial charge >= 0.3 is 0 Å². The van der Waals surface area contributed by atoms with Gasteiger partial charge in [-0.15, -0.1) is 11.3 Å². The number of carbonyl (C=O) groups excluding carboxylic acids is 2. The molecule has 0 aromatic carbocycles. The van der Waals surface area contributed by atoms with E-state index in [4.69, 9.17) is 12.2 Å². The average molecular weight is 472 g/mol. The van der Waals surface area contributed by atoms with Gasteiger partial charge in [-0.1, -0.05) is 36.1 Å². The van der Waals surface area contributed by atoms with Crippen LogP contribution in [0.5, 0.6) is 0 Å². The van der Waals surface area contributed by atoms with E-state index in [-0.39, 0.29) is 29.7 Å². The minimum absolute atomic E-state index is 0.0388. The summed E-state index contributed by atoms with van der Waals surface area (Å²) in [5.41, 5.74) is 1.06. The lowest BCUT2D eigenvalue weighted by atomic mass is 9.83. The Kier molecular flexibility index (Phi) is 5.58. The van der Waals surface area contributed by atoms with E-state index in [1.165, 1.54) is 16.7 Å². The smallest absolute Gasteiger partial charge is 0.266 e. The number of piperidine rings is 1. The summed E-state index contributed by atoms with van der Waals surface area (Å²) in [4.78, 5) is 43.0. The number of amides is 2. The highest BCUT2D eigenvalue weighted by molar-refractivity contribution is 8.26. The van der Waals surface area contributed by atoms with Crippen molar-refractivity contribution in [3.05, 3.63) is 61.5 Å². The third-order valence-corrected chi connectivity index (χ3v) is 8.27. The summed E-state index contributed by atoms with van der Waals surface area (Å²) < 4.78 is 2.37. The molecule has 2 atom stereocenters. The summed E-state index contributed by atoms with van der Waals surface area (Å²) in [7, 11) is 0. The molecule has 0 spiro atoms. The lowest BCUT2D eigenvalue weighted by Crippen LogP contribution is -2.49. The molecule has 2 fully saturated rings. The highest BCUT2D eigenvalue weighted by atomic mass is 32.2. The Bertz CT molecular complexity index is 1140. The number of fused-ring (bicyclic) bond motifs is 4. The number of pyridine rings is 1. The molecule has 3 aliphatic rings. The van der Waals surface area contributed by atoms with E-state index in [1.54, 1.807) is 23.5 Å². The number of rotatable bonds is 4. The van der Waals surface area contributed by atoms with Crippen LogP contribution in [-0.4, -0.2) is 50.1 Å². The minimum Gasteiger partial charge on any atom is -0.342 e. The van der Waals surface area contributed by atoms with E-state index in [0.717, 1.165) is 17.0 Å². The summed E-state index contributed by atoms with van der Waals surface area (Å²) >= 11 is 8.26. The van der Waals surface area contributed by atoms with Crippen molar-refractivity contribution in [1.29, 1.82) is 0 Å². The van der Waals surface area contributed by atoms with Gasteiger partial charge in [0.25, 0.3) is 11.5 Å². The average Bonchev–Trinajstić information content (AvgIpc) is 3.35. The minimum atomic E-state index is -0.125. The molecular weight excluding hydrogens is 450 g/mol. The van der Waals surface area contributed by atoms with Crippen LogP contribution in [0.4, 0.5) is 0 Å². The molecule has 0 N–H and O–H groups in total. The first-order valence-corrected chi connectivity index (χ1v) is 12.4. The maximum Gasteiger partial charge on any atom is 0.266 e. The second-order valence-electron chi connectivity index (χ2n) is 8.10. The number of likely N-dealkylation sites (tertiary alicyclic amines) is 1. The molecule has 2 aromatic rings. The van der Waals surface area contributed by atoms with Gasteiger partial charge in [0.2, 0.25) is 5.91 Å². The number of nitrogens with zero attached hydrogens (tertiary/aromatic N) is 3. The van der Waals surface area contributed by atoms with Crippen molar-refractivity contribution >= 4 is 57.5 Å². The number of carbonyl (C=O) groups is 2. The fourth-order valence-electron chi connectivity index (χ4n) is 4.66. The summed E-state index contributed by atoms with van der Waals surface area (Å²) in [6, 6.07) is 9.30. The van der Waals surface area contributed by atoms with Gasteiger partial charge in [0.05, 0.1) is 4.91 Å². The molecule has 2 bridgehead atoms. The predicted molar refractivity (Wildman–Crippen MR) is 127 cm³/mol. The molecule has 9 heteroatoms. The van der Waals surface area contributed by atoms with Crippen LogP contribution in [0, 0.1) is 5.92 Å². The Morgan fingerprint density at radius 2 is 2.03 bits per heavy atom. The Hall–Kier alpha value is -2.23. The van der Waals surface area contributed by atoms with Crippen molar-refractivity contribution in [1.82, 2.24) is 14.4 Å². The lowest BCUT2D eigenvalue weighted by Gasteiger charge is -2.42. The molecule has 5 heterocycles. The van der Waals surface area contributed by atoms with Gasteiger partial charge in [-0.05, 0) is 35.9 Å². The molecule has 5 rings (SSSR count). The maximum absolute atomic E-state index is 13.0. The topological polar surface area (TPSA) is 62.6 Å². The molecule has 0 aliphatic carbocycles. The first kappa shape index (κ1) is 20.7. The standard InChI is InChI=1S/C22H21N3O3S3/c26-19(6-7-24-21(28)18(31-22(24)29)10-16-3-2-8-30-16)23-11-14-9-15(13-23)17-4-1-5-20(27)25(17)12-14/h1-5,8,10,14-15H,6-7,9,11-13H2/b18-10+/t14-,15+/m1/s1. The van der Waals surface area contributed by atoms with Crippen molar-refractivity contribution in [3.63, 3.8) is 0 Å². The van der Waals surface area contributed by atoms with E-state index >= 15 is 0 Å². The van der Waals surface area contributed by atoms with Gasteiger partial charge in [0.15, 0.2) is 0 Å². The first-order chi connectivity index (χ1) is 15.0. The van der Waals surface area contributed by atoms with Gasteiger partial charge in [-0.3, -0.25) is 19.3 Å². The van der Waals surface area contributed by atoms with E-state index in [9.17, 15) is 14.4 Å². The largest absolute Gasteiger partial charge is 0.342 e.